The van der Waals surface area contributed by atoms with Crippen LogP contribution in [0.25, 0.3) is 0 Å². The molecule has 1 saturated heterocycles. The van der Waals surface area contributed by atoms with Gasteiger partial charge in [-0.25, -0.2) is 0 Å². The van der Waals surface area contributed by atoms with Gasteiger partial charge in [-0.15, -0.1) is 0 Å². The Morgan fingerprint density at radius 3 is 2.00 bits per heavy atom. The molecule has 8 heteroatoms. The minimum absolute atomic E-state index is 0.321. The summed E-state index contributed by atoms with van der Waals surface area (Å²) in [6, 6.07) is -0.687. The van der Waals surface area contributed by atoms with E-state index in [2.05, 4.69) is 21.2 Å². The monoisotopic (exact) mass is 351 g/mol. The van der Waals surface area contributed by atoms with Crippen LogP contribution in [0.2, 0.25) is 0 Å². The zero-order chi connectivity index (χ0) is 15.4. The standard InChI is InChI=1S/C12H18BrNO6/c1-5-10(19-7(3)16)9(14-6(2)15)11(12(13)18-5)20-8(4)17/h5,9-12H,1-4H3,(H,14,15)/t5-,9-,10+,11+,12+/m1/s1. The van der Waals surface area contributed by atoms with E-state index < -0.39 is 41.3 Å². The molecule has 0 radical (unpaired) electrons. The minimum atomic E-state index is -0.794. The van der Waals surface area contributed by atoms with Crippen molar-refractivity contribution in [1.82, 2.24) is 5.32 Å². The topological polar surface area (TPSA) is 90.9 Å². The van der Waals surface area contributed by atoms with Crippen molar-refractivity contribution in [3.8, 4) is 0 Å². The van der Waals surface area contributed by atoms with Gasteiger partial charge in [0, 0.05) is 20.8 Å². The summed E-state index contributed by atoms with van der Waals surface area (Å²) in [5.41, 5.74) is 0. The molecule has 1 aliphatic heterocycles. The second kappa shape index (κ2) is 7.03. The number of amides is 1. The lowest BCUT2D eigenvalue weighted by molar-refractivity contribution is -0.193. The zero-order valence-corrected chi connectivity index (χ0v) is 13.3. The third kappa shape index (κ3) is 4.45. The Bertz CT molecular complexity index is 373. The van der Waals surface area contributed by atoms with E-state index in [1.165, 1.54) is 20.8 Å². The fraction of sp³-hybridized carbons (Fsp3) is 0.750. The van der Waals surface area contributed by atoms with Gasteiger partial charge in [0.05, 0.1) is 6.10 Å². The summed E-state index contributed by atoms with van der Waals surface area (Å²) in [6.45, 7) is 5.56. The molecule has 0 saturated carbocycles. The lowest BCUT2D eigenvalue weighted by Crippen LogP contribution is -2.63. The van der Waals surface area contributed by atoms with Gasteiger partial charge in [-0.2, -0.15) is 0 Å². The molecule has 0 spiro atoms. The van der Waals surface area contributed by atoms with Gasteiger partial charge < -0.3 is 19.5 Å². The highest BCUT2D eigenvalue weighted by Crippen LogP contribution is 2.29. The van der Waals surface area contributed by atoms with Crippen molar-refractivity contribution in [2.75, 3.05) is 0 Å². The van der Waals surface area contributed by atoms with Crippen LogP contribution in [0.3, 0.4) is 0 Å². The Balaban J connectivity index is 3.01. The fourth-order valence-electron chi connectivity index (χ4n) is 2.08. The van der Waals surface area contributed by atoms with E-state index in [-0.39, 0.29) is 5.91 Å². The largest absolute Gasteiger partial charge is 0.457 e. The zero-order valence-electron chi connectivity index (χ0n) is 11.7. The van der Waals surface area contributed by atoms with Gasteiger partial charge in [-0.05, 0) is 6.92 Å². The Morgan fingerprint density at radius 1 is 1.05 bits per heavy atom. The van der Waals surface area contributed by atoms with E-state index in [4.69, 9.17) is 14.2 Å². The van der Waals surface area contributed by atoms with Crippen molar-refractivity contribution in [2.24, 2.45) is 0 Å². The Morgan fingerprint density at radius 2 is 1.55 bits per heavy atom. The summed E-state index contributed by atoms with van der Waals surface area (Å²) >= 11 is 3.26. The van der Waals surface area contributed by atoms with Crippen molar-refractivity contribution in [2.45, 2.75) is 57.1 Å². The van der Waals surface area contributed by atoms with Gasteiger partial charge in [0.1, 0.15) is 6.04 Å². The molecule has 1 N–H and O–H groups in total. The third-order valence-electron chi connectivity index (χ3n) is 2.75. The smallest absolute Gasteiger partial charge is 0.303 e. The van der Waals surface area contributed by atoms with Gasteiger partial charge in [-0.3, -0.25) is 14.4 Å². The normalized spacial score (nSPS) is 33.1. The minimum Gasteiger partial charge on any atom is -0.457 e. The number of halogens is 1. The molecule has 0 unspecified atom stereocenters. The maximum absolute atomic E-state index is 11.3. The van der Waals surface area contributed by atoms with Crippen LogP contribution < -0.4 is 5.32 Å². The molecule has 0 aromatic heterocycles. The maximum Gasteiger partial charge on any atom is 0.303 e. The fourth-order valence-corrected chi connectivity index (χ4v) is 2.86. The first-order valence-electron chi connectivity index (χ1n) is 6.13. The molecule has 0 aromatic rings. The van der Waals surface area contributed by atoms with Gasteiger partial charge in [0.2, 0.25) is 5.91 Å². The molecule has 20 heavy (non-hydrogen) atoms. The first-order chi connectivity index (χ1) is 9.22. The van der Waals surface area contributed by atoms with Crippen LogP contribution in [0.15, 0.2) is 0 Å². The van der Waals surface area contributed by atoms with Gasteiger partial charge in [-0.1, -0.05) is 15.9 Å². The van der Waals surface area contributed by atoms with E-state index in [9.17, 15) is 14.4 Å². The van der Waals surface area contributed by atoms with Crippen molar-refractivity contribution in [3.05, 3.63) is 0 Å². The number of carbonyl (C=O) groups excluding carboxylic acids is 3. The Labute approximate surface area is 125 Å². The summed E-state index contributed by atoms with van der Waals surface area (Å²) in [7, 11) is 0. The average Bonchev–Trinajstić information content (AvgIpc) is 2.27. The SMILES string of the molecule is CC(=O)N[C@@H]1[C@@H](OC(C)=O)[C@@H](C)O[C@H](Br)[C@H]1OC(C)=O. The number of rotatable bonds is 3. The van der Waals surface area contributed by atoms with Gasteiger partial charge in [0.25, 0.3) is 0 Å². The number of carbonyl (C=O) groups is 3. The lowest BCUT2D eigenvalue weighted by atomic mass is 9.97. The van der Waals surface area contributed by atoms with Crippen LogP contribution in [0.5, 0.6) is 0 Å². The number of hydrogen-bond donors (Lipinski definition) is 1. The van der Waals surface area contributed by atoms with Crippen LogP contribution in [0.1, 0.15) is 27.7 Å². The van der Waals surface area contributed by atoms with E-state index >= 15 is 0 Å². The van der Waals surface area contributed by atoms with Crippen LogP contribution in [-0.2, 0) is 28.6 Å². The first kappa shape index (κ1) is 16.9. The van der Waals surface area contributed by atoms with Crippen LogP contribution in [0.4, 0.5) is 0 Å². The highest BCUT2D eigenvalue weighted by atomic mass is 79.9. The average molecular weight is 352 g/mol. The van der Waals surface area contributed by atoms with Crippen molar-refractivity contribution in [3.63, 3.8) is 0 Å². The molecule has 1 aliphatic rings. The summed E-state index contributed by atoms with van der Waals surface area (Å²) in [5.74, 6) is -1.34. The summed E-state index contributed by atoms with van der Waals surface area (Å²) in [6.07, 6.45) is -2.00. The highest BCUT2D eigenvalue weighted by molar-refractivity contribution is 9.09. The van der Waals surface area contributed by atoms with E-state index in [1.807, 2.05) is 0 Å². The number of nitrogens with one attached hydrogen (secondary N) is 1. The molecule has 1 amide bonds. The predicted octanol–water partition coefficient (Wildman–Crippen LogP) is 0.494. The lowest BCUT2D eigenvalue weighted by Gasteiger charge is -2.42. The van der Waals surface area contributed by atoms with Crippen LogP contribution in [0, 0.1) is 0 Å². The maximum atomic E-state index is 11.3. The molecule has 0 aromatic carbocycles. The van der Waals surface area contributed by atoms with Crippen molar-refractivity contribution < 1.29 is 28.6 Å². The molecule has 1 heterocycles. The van der Waals surface area contributed by atoms with Gasteiger partial charge in [0.15, 0.2) is 17.2 Å². The Hall–Kier alpha value is -1.15. The van der Waals surface area contributed by atoms with Gasteiger partial charge >= 0.3 is 11.9 Å². The van der Waals surface area contributed by atoms with Crippen molar-refractivity contribution >= 4 is 33.8 Å². The van der Waals surface area contributed by atoms with Crippen LogP contribution in [-0.4, -0.2) is 47.2 Å². The third-order valence-corrected chi connectivity index (χ3v) is 3.48. The summed E-state index contributed by atoms with van der Waals surface area (Å²) < 4.78 is 15.9. The second-order valence-corrected chi connectivity index (χ2v) is 5.47. The number of esters is 2. The molecule has 1 fully saturated rings. The highest BCUT2D eigenvalue weighted by Gasteiger charge is 2.47. The molecule has 5 atom stereocenters. The summed E-state index contributed by atoms with van der Waals surface area (Å²) in [5, 5.41) is 2.04. The second-order valence-electron chi connectivity index (χ2n) is 4.57. The Kier molecular flexibility index (Phi) is 5.94. The molecular formula is C12H18BrNO6. The quantitative estimate of drug-likeness (QED) is 0.587. The molecule has 114 valence electrons. The van der Waals surface area contributed by atoms with Crippen molar-refractivity contribution in [1.29, 1.82) is 0 Å². The van der Waals surface area contributed by atoms with E-state index in [0.717, 1.165) is 0 Å². The molecule has 7 nitrogen and oxygen atoms in total. The molecule has 0 bridgehead atoms. The number of hydrogen-bond acceptors (Lipinski definition) is 6. The number of alkyl halides is 1. The molecular weight excluding hydrogens is 334 g/mol. The molecule has 1 rings (SSSR count). The van der Waals surface area contributed by atoms with E-state index in [0.29, 0.717) is 0 Å². The van der Waals surface area contributed by atoms with E-state index in [1.54, 1.807) is 6.92 Å². The molecule has 0 aliphatic carbocycles. The first-order valence-corrected chi connectivity index (χ1v) is 7.05. The summed E-state index contributed by atoms with van der Waals surface area (Å²) in [4.78, 5) is 33.7. The van der Waals surface area contributed by atoms with Crippen LogP contribution >= 0.6 is 15.9 Å². The predicted molar refractivity (Wildman–Crippen MR) is 72.0 cm³/mol. The number of ether oxygens (including phenoxy) is 3.